The maximum absolute atomic E-state index is 12.0. The van der Waals surface area contributed by atoms with Crippen molar-refractivity contribution in [2.75, 3.05) is 31.6 Å². The molecule has 2 aromatic rings. The highest BCUT2D eigenvalue weighted by atomic mass is 16.5. The van der Waals surface area contributed by atoms with Gasteiger partial charge in [0.25, 0.3) is 0 Å². The summed E-state index contributed by atoms with van der Waals surface area (Å²) in [6.45, 7) is 8.84. The summed E-state index contributed by atoms with van der Waals surface area (Å²) in [7, 11) is 1.89. The lowest BCUT2D eigenvalue weighted by molar-refractivity contribution is -0.120. The minimum Gasteiger partial charge on any atom is -0.489 e. The summed E-state index contributed by atoms with van der Waals surface area (Å²) in [5.41, 5.74) is 4.42. The standard InChI is InChI=1S/C22H29N3O3.C3H8/c1-3-23-12-16-4-6-17(7-5-16)15-28-20-9-8-18-10-19(14-26)24-22(27)13-25(2)21(18)11-20;1-3-2/h4-9,11,19,23,26H,3,10,12-15H2,1-2H3,(H,24,27);3H2,1-2H3. The highest BCUT2D eigenvalue weighted by molar-refractivity contribution is 5.82. The van der Waals surface area contributed by atoms with Gasteiger partial charge in [0, 0.05) is 25.3 Å². The minimum atomic E-state index is -0.257. The zero-order valence-electron chi connectivity index (χ0n) is 19.3. The zero-order chi connectivity index (χ0) is 22.6. The van der Waals surface area contributed by atoms with Crippen LogP contribution in [0.25, 0.3) is 0 Å². The van der Waals surface area contributed by atoms with E-state index < -0.39 is 0 Å². The molecule has 0 saturated carbocycles. The van der Waals surface area contributed by atoms with Gasteiger partial charge in [-0.3, -0.25) is 4.79 Å². The van der Waals surface area contributed by atoms with Crippen molar-refractivity contribution in [2.45, 2.75) is 52.8 Å². The molecule has 170 valence electrons. The van der Waals surface area contributed by atoms with Crippen LogP contribution in [0, 0.1) is 0 Å². The van der Waals surface area contributed by atoms with Crippen LogP contribution in [0.2, 0.25) is 0 Å². The van der Waals surface area contributed by atoms with Crippen molar-refractivity contribution in [3.05, 3.63) is 59.2 Å². The molecule has 0 spiro atoms. The van der Waals surface area contributed by atoms with Crippen molar-refractivity contribution >= 4 is 11.6 Å². The molecule has 1 unspecified atom stereocenters. The Balaban J connectivity index is 0.00000107. The molecular weight excluding hydrogens is 390 g/mol. The molecule has 0 bridgehead atoms. The average Bonchev–Trinajstić information content (AvgIpc) is 2.76. The van der Waals surface area contributed by atoms with E-state index in [1.165, 1.54) is 12.0 Å². The third-order valence-electron chi connectivity index (χ3n) is 4.91. The first-order valence-electron chi connectivity index (χ1n) is 11.2. The van der Waals surface area contributed by atoms with E-state index in [0.717, 1.165) is 35.7 Å². The van der Waals surface area contributed by atoms with Gasteiger partial charge in [-0.1, -0.05) is 57.5 Å². The van der Waals surface area contributed by atoms with Crippen molar-refractivity contribution < 1.29 is 14.6 Å². The van der Waals surface area contributed by atoms with Gasteiger partial charge >= 0.3 is 0 Å². The predicted molar refractivity (Wildman–Crippen MR) is 127 cm³/mol. The van der Waals surface area contributed by atoms with Gasteiger partial charge in [0.2, 0.25) is 5.91 Å². The quantitative estimate of drug-likeness (QED) is 0.633. The Morgan fingerprint density at radius 2 is 1.81 bits per heavy atom. The molecule has 6 nitrogen and oxygen atoms in total. The number of hydrogen-bond donors (Lipinski definition) is 3. The Kier molecular flexibility index (Phi) is 10.3. The summed E-state index contributed by atoms with van der Waals surface area (Å²) in [4.78, 5) is 13.9. The maximum Gasteiger partial charge on any atom is 0.239 e. The number of aliphatic hydroxyl groups is 1. The molecule has 6 heteroatoms. The van der Waals surface area contributed by atoms with Crippen LogP contribution in [-0.2, 0) is 24.4 Å². The van der Waals surface area contributed by atoms with E-state index in [9.17, 15) is 9.90 Å². The normalized spacial score (nSPS) is 15.7. The maximum atomic E-state index is 12.0. The first-order chi connectivity index (χ1) is 15.0. The number of anilines is 1. The topological polar surface area (TPSA) is 73.8 Å². The van der Waals surface area contributed by atoms with Gasteiger partial charge in [0.1, 0.15) is 12.4 Å². The lowest BCUT2D eigenvalue weighted by Crippen LogP contribution is -2.46. The van der Waals surface area contributed by atoms with Gasteiger partial charge in [0.05, 0.1) is 19.2 Å². The summed E-state index contributed by atoms with van der Waals surface area (Å²) in [5.74, 6) is 0.681. The highest BCUT2D eigenvalue weighted by Gasteiger charge is 2.21. The van der Waals surface area contributed by atoms with E-state index in [0.29, 0.717) is 13.0 Å². The van der Waals surface area contributed by atoms with Crippen LogP contribution in [0.15, 0.2) is 42.5 Å². The summed E-state index contributed by atoms with van der Waals surface area (Å²) in [6, 6.07) is 14.1. The Bertz CT molecular complexity index is 808. The molecule has 0 fully saturated rings. The molecule has 31 heavy (non-hydrogen) atoms. The average molecular weight is 428 g/mol. The first-order valence-corrected chi connectivity index (χ1v) is 11.2. The number of likely N-dealkylation sites (N-methyl/N-ethyl adjacent to an activating group) is 1. The van der Waals surface area contributed by atoms with Gasteiger partial charge in [0.15, 0.2) is 0 Å². The number of carbonyl (C=O) groups excluding carboxylic acids is 1. The molecule has 3 N–H and O–H groups in total. The second-order valence-corrected chi connectivity index (χ2v) is 7.89. The molecule has 3 rings (SSSR count). The molecule has 1 amide bonds. The Labute approximate surface area is 186 Å². The minimum absolute atomic E-state index is 0.0725. The molecule has 0 radical (unpaired) electrons. The van der Waals surface area contributed by atoms with Crippen LogP contribution in [0.4, 0.5) is 5.69 Å². The zero-order valence-corrected chi connectivity index (χ0v) is 19.3. The smallest absolute Gasteiger partial charge is 0.239 e. The molecular formula is C25H37N3O3. The predicted octanol–water partition coefficient (Wildman–Crippen LogP) is 3.26. The summed E-state index contributed by atoms with van der Waals surface area (Å²) in [6.07, 6.45) is 1.84. The van der Waals surface area contributed by atoms with E-state index >= 15 is 0 Å². The van der Waals surface area contributed by atoms with Crippen LogP contribution in [-0.4, -0.2) is 43.8 Å². The number of carbonyl (C=O) groups is 1. The first kappa shape index (κ1) is 24.7. The van der Waals surface area contributed by atoms with Gasteiger partial charge in [-0.25, -0.2) is 0 Å². The van der Waals surface area contributed by atoms with Gasteiger partial charge < -0.3 is 25.4 Å². The van der Waals surface area contributed by atoms with Gasteiger partial charge in [-0.15, -0.1) is 0 Å². The van der Waals surface area contributed by atoms with Crippen molar-refractivity contribution in [1.29, 1.82) is 0 Å². The van der Waals surface area contributed by atoms with Crippen molar-refractivity contribution in [3.63, 3.8) is 0 Å². The number of nitrogens with one attached hydrogen (secondary N) is 2. The van der Waals surface area contributed by atoms with E-state index in [-0.39, 0.29) is 25.1 Å². The molecule has 1 heterocycles. The molecule has 0 saturated heterocycles. The number of ether oxygens (including phenoxy) is 1. The summed E-state index contributed by atoms with van der Waals surface area (Å²) < 4.78 is 5.99. The van der Waals surface area contributed by atoms with E-state index in [1.54, 1.807) is 0 Å². The lowest BCUT2D eigenvalue weighted by atomic mass is 10.0. The molecule has 0 aliphatic carbocycles. The van der Waals surface area contributed by atoms with Crippen LogP contribution in [0.5, 0.6) is 5.75 Å². The molecule has 0 aromatic heterocycles. The lowest BCUT2D eigenvalue weighted by Gasteiger charge is -2.28. The van der Waals surface area contributed by atoms with Crippen LogP contribution in [0.3, 0.4) is 0 Å². The molecule has 1 atom stereocenters. The van der Waals surface area contributed by atoms with Gasteiger partial charge in [-0.05, 0) is 35.7 Å². The summed E-state index contributed by atoms with van der Waals surface area (Å²) >= 11 is 0. The van der Waals surface area contributed by atoms with E-state index in [1.807, 2.05) is 30.1 Å². The molecule has 1 aliphatic rings. The van der Waals surface area contributed by atoms with Crippen molar-refractivity contribution in [2.24, 2.45) is 0 Å². The number of hydrogen-bond acceptors (Lipinski definition) is 5. The number of rotatable bonds is 7. The SMILES string of the molecule is CCC.CCNCc1ccc(COc2ccc3c(c2)N(C)CC(=O)NC(CO)C3)cc1. The Morgan fingerprint density at radius 3 is 2.45 bits per heavy atom. The second-order valence-electron chi connectivity index (χ2n) is 7.89. The summed E-state index contributed by atoms with van der Waals surface area (Å²) in [5, 5.41) is 15.7. The number of fused-ring (bicyclic) bond motifs is 1. The van der Waals surface area contributed by atoms with Crippen LogP contribution < -0.4 is 20.3 Å². The Morgan fingerprint density at radius 1 is 1.13 bits per heavy atom. The van der Waals surface area contributed by atoms with E-state index in [4.69, 9.17) is 4.74 Å². The fourth-order valence-electron chi connectivity index (χ4n) is 3.35. The van der Waals surface area contributed by atoms with Crippen LogP contribution >= 0.6 is 0 Å². The third-order valence-corrected chi connectivity index (χ3v) is 4.91. The van der Waals surface area contributed by atoms with Gasteiger partial charge in [-0.2, -0.15) is 0 Å². The second kappa shape index (κ2) is 13.0. The number of aliphatic hydroxyl groups excluding tert-OH is 1. The van der Waals surface area contributed by atoms with Crippen molar-refractivity contribution in [3.8, 4) is 5.75 Å². The fourth-order valence-corrected chi connectivity index (χ4v) is 3.35. The largest absolute Gasteiger partial charge is 0.489 e. The number of amides is 1. The monoisotopic (exact) mass is 427 g/mol. The molecule has 2 aromatic carbocycles. The van der Waals surface area contributed by atoms with E-state index in [2.05, 4.69) is 55.7 Å². The third kappa shape index (κ3) is 7.89. The van der Waals surface area contributed by atoms with Crippen LogP contribution in [0.1, 0.15) is 43.9 Å². The highest BCUT2D eigenvalue weighted by Crippen LogP contribution is 2.28. The number of nitrogens with zero attached hydrogens (tertiary/aromatic N) is 1. The fraction of sp³-hybridized carbons (Fsp3) is 0.480. The van der Waals surface area contributed by atoms with Crippen molar-refractivity contribution in [1.82, 2.24) is 10.6 Å². The Hall–Kier alpha value is -2.57. The molecule has 1 aliphatic heterocycles. The number of benzene rings is 2.